The first-order chi connectivity index (χ1) is 8.16. The molecule has 2 heterocycles. The van der Waals surface area contributed by atoms with Crippen LogP contribution in [0.25, 0.3) is 0 Å². The maximum atomic E-state index is 10.8. The number of furan rings is 1. The molecule has 0 amide bonds. The monoisotopic (exact) mass is 319 g/mol. The molecule has 1 saturated heterocycles. The van der Waals surface area contributed by atoms with Crippen LogP contribution in [0.3, 0.4) is 0 Å². The molecule has 1 atom stereocenters. The van der Waals surface area contributed by atoms with Crippen molar-refractivity contribution in [2.24, 2.45) is 0 Å². The quantitative estimate of drug-likeness (QED) is 0.923. The van der Waals surface area contributed by atoms with E-state index < -0.39 is 5.97 Å². The maximum Gasteiger partial charge on any atom is 0.304 e. The zero-order valence-corrected chi connectivity index (χ0v) is 11.7. The first kappa shape index (κ1) is 13.0. The standard InChI is InChI=1S/C11H14BrNO3S/c12-9-1-3-16-10(9)6-13-2-4-17-7-8(13)5-11(14)15/h1,3,8H,2,4-7H2,(H,14,15). The molecule has 94 valence electrons. The Morgan fingerprint density at radius 3 is 3.18 bits per heavy atom. The Labute approximate surface area is 112 Å². The molecule has 0 bridgehead atoms. The van der Waals surface area contributed by atoms with E-state index in [4.69, 9.17) is 9.52 Å². The van der Waals surface area contributed by atoms with Crippen LogP contribution in [-0.2, 0) is 11.3 Å². The van der Waals surface area contributed by atoms with E-state index in [1.807, 2.05) is 17.8 Å². The lowest BCUT2D eigenvalue weighted by Crippen LogP contribution is -2.42. The van der Waals surface area contributed by atoms with Crippen molar-refractivity contribution in [3.05, 3.63) is 22.6 Å². The molecule has 6 heteroatoms. The van der Waals surface area contributed by atoms with Gasteiger partial charge in [0.05, 0.1) is 23.7 Å². The molecule has 0 saturated carbocycles. The van der Waals surface area contributed by atoms with Gasteiger partial charge in [-0.15, -0.1) is 0 Å². The third-order valence-corrected chi connectivity index (χ3v) is 4.60. The van der Waals surface area contributed by atoms with Crippen LogP contribution in [0.5, 0.6) is 0 Å². The highest BCUT2D eigenvalue weighted by molar-refractivity contribution is 9.10. The predicted octanol–water partition coefficient (Wildman–Crippen LogP) is 2.43. The highest BCUT2D eigenvalue weighted by atomic mass is 79.9. The summed E-state index contributed by atoms with van der Waals surface area (Å²) in [5.74, 6) is 2.06. The molecule has 4 nitrogen and oxygen atoms in total. The first-order valence-corrected chi connectivity index (χ1v) is 7.37. The summed E-state index contributed by atoms with van der Waals surface area (Å²) in [5.41, 5.74) is 0. The minimum absolute atomic E-state index is 0.100. The number of nitrogens with zero attached hydrogens (tertiary/aromatic N) is 1. The molecule has 0 radical (unpaired) electrons. The van der Waals surface area contributed by atoms with E-state index in [-0.39, 0.29) is 12.5 Å². The second kappa shape index (κ2) is 5.93. The van der Waals surface area contributed by atoms with E-state index in [0.717, 1.165) is 28.3 Å². The first-order valence-electron chi connectivity index (χ1n) is 5.42. The summed E-state index contributed by atoms with van der Waals surface area (Å²) in [6, 6.07) is 1.96. The van der Waals surface area contributed by atoms with Gasteiger partial charge in [0.25, 0.3) is 0 Å². The Morgan fingerprint density at radius 2 is 2.53 bits per heavy atom. The third kappa shape index (κ3) is 3.50. The van der Waals surface area contributed by atoms with Gasteiger partial charge in [0.15, 0.2) is 0 Å². The Morgan fingerprint density at radius 1 is 1.71 bits per heavy atom. The molecular weight excluding hydrogens is 306 g/mol. The Kier molecular flexibility index (Phi) is 4.53. The lowest BCUT2D eigenvalue weighted by atomic mass is 10.2. The second-order valence-corrected chi connectivity index (χ2v) is 5.99. The molecule has 1 aliphatic rings. The normalized spacial score (nSPS) is 21.6. The number of thioether (sulfide) groups is 1. The topological polar surface area (TPSA) is 53.7 Å². The van der Waals surface area contributed by atoms with Crippen molar-refractivity contribution in [3.63, 3.8) is 0 Å². The number of carboxylic acids is 1. The van der Waals surface area contributed by atoms with Crippen LogP contribution in [0.1, 0.15) is 12.2 Å². The van der Waals surface area contributed by atoms with Crippen LogP contribution in [0.4, 0.5) is 0 Å². The number of halogens is 1. The van der Waals surface area contributed by atoms with Gasteiger partial charge in [0.2, 0.25) is 0 Å². The van der Waals surface area contributed by atoms with Crippen molar-refractivity contribution in [3.8, 4) is 0 Å². The van der Waals surface area contributed by atoms with Crippen LogP contribution >= 0.6 is 27.7 Å². The van der Waals surface area contributed by atoms with E-state index in [1.54, 1.807) is 6.26 Å². The Hall–Kier alpha value is -0.460. The fourth-order valence-electron chi connectivity index (χ4n) is 1.91. The van der Waals surface area contributed by atoms with Gasteiger partial charge in [0.1, 0.15) is 5.76 Å². The SMILES string of the molecule is O=C(O)CC1CSCCN1Cc1occc1Br. The predicted molar refractivity (Wildman–Crippen MR) is 70.2 cm³/mol. The molecule has 17 heavy (non-hydrogen) atoms. The van der Waals surface area contributed by atoms with Crippen LogP contribution in [0.2, 0.25) is 0 Å². The molecular formula is C11H14BrNO3S. The van der Waals surface area contributed by atoms with Gasteiger partial charge in [-0.05, 0) is 22.0 Å². The molecule has 1 aliphatic heterocycles. The fourth-order valence-corrected chi connectivity index (χ4v) is 3.37. The molecule has 0 aromatic carbocycles. The second-order valence-electron chi connectivity index (χ2n) is 3.99. The number of hydrogen-bond acceptors (Lipinski definition) is 4. The van der Waals surface area contributed by atoms with Crippen LogP contribution in [-0.4, -0.2) is 40.1 Å². The van der Waals surface area contributed by atoms with Crippen LogP contribution < -0.4 is 0 Å². The highest BCUT2D eigenvalue weighted by Gasteiger charge is 2.26. The van der Waals surface area contributed by atoms with Crippen molar-refractivity contribution in [1.29, 1.82) is 0 Å². The minimum Gasteiger partial charge on any atom is -0.481 e. The van der Waals surface area contributed by atoms with E-state index in [1.165, 1.54) is 0 Å². The number of carboxylic acid groups (broad SMARTS) is 1. The Balaban J connectivity index is 2.01. The minimum atomic E-state index is -0.735. The van der Waals surface area contributed by atoms with Crippen molar-refractivity contribution in [1.82, 2.24) is 4.90 Å². The summed E-state index contributed by atoms with van der Waals surface area (Å²) >= 11 is 5.24. The summed E-state index contributed by atoms with van der Waals surface area (Å²) in [7, 11) is 0. The molecule has 1 aromatic heterocycles. The largest absolute Gasteiger partial charge is 0.481 e. The van der Waals surface area contributed by atoms with E-state index >= 15 is 0 Å². The number of aliphatic carboxylic acids is 1. The van der Waals surface area contributed by atoms with E-state index in [2.05, 4.69) is 20.8 Å². The summed E-state index contributed by atoms with van der Waals surface area (Å²) in [6.45, 7) is 1.59. The lowest BCUT2D eigenvalue weighted by molar-refractivity contribution is -0.138. The van der Waals surface area contributed by atoms with Gasteiger partial charge < -0.3 is 9.52 Å². The van der Waals surface area contributed by atoms with E-state index in [9.17, 15) is 4.79 Å². The maximum absolute atomic E-state index is 10.8. The molecule has 0 aliphatic carbocycles. The number of hydrogen-bond donors (Lipinski definition) is 1. The zero-order valence-electron chi connectivity index (χ0n) is 9.26. The average Bonchev–Trinajstić information content (AvgIpc) is 2.67. The van der Waals surface area contributed by atoms with Gasteiger partial charge in [-0.3, -0.25) is 9.69 Å². The van der Waals surface area contributed by atoms with Crippen LogP contribution in [0, 0.1) is 0 Å². The molecule has 1 fully saturated rings. The average molecular weight is 320 g/mol. The van der Waals surface area contributed by atoms with Gasteiger partial charge >= 0.3 is 5.97 Å². The molecule has 1 aromatic rings. The van der Waals surface area contributed by atoms with Crippen molar-refractivity contribution in [2.75, 3.05) is 18.1 Å². The molecule has 1 unspecified atom stereocenters. The summed E-state index contributed by atoms with van der Waals surface area (Å²) in [5, 5.41) is 8.90. The summed E-state index contributed by atoms with van der Waals surface area (Å²) in [6.07, 6.45) is 1.84. The lowest BCUT2D eigenvalue weighted by Gasteiger charge is -2.33. The van der Waals surface area contributed by atoms with Crippen molar-refractivity contribution < 1.29 is 14.3 Å². The van der Waals surface area contributed by atoms with E-state index in [0.29, 0.717) is 6.54 Å². The highest BCUT2D eigenvalue weighted by Crippen LogP contribution is 2.25. The van der Waals surface area contributed by atoms with Crippen molar-refractivity contribution >= 4 is 33.7 Å². The van der Waals surface area contributed by atoms with Gasteiger partial charge in [0, 0.05) is 24.1 Å². The zero-order chi connectivity index (χ0) is 12.3. The molecule has 0 spiro atoms. The summed E-state index contributed by atoms with van der Waals surface area (Å²) in [4.78, 5) is 13.0. The number of carbonyl (C=O) groups is 1. The van der Waals surface area contributed by atoms with Crippen LogP contribution in [0.15, 0.2) is 21.2 Å². The molecule has 2 rings (SSSR count). The number of rotatable bonds is 4. The van der Waals surface area contributed by atoms with Crippen molar-refractivity contribution in [2.45, 2.75) is 19.0 Å². The van der Waals surface area contributed by atoms with Gasteiger partial charge in [-0.25, -0.2) is 0 Å². The van der Waals surface area contributed by atoms with Gasteiger partial charge in [-0.1, -0.05) is 0 Å². The third-order valence-electron chi connectivity index (χ3n) is 2.80. The summed E-state index contributed by atoms with van der Waals surface area (Å²) < 4.78 is 6.33. The Bertz CT molecular complexity index is 396. The smallest absolute Gasteiger partial charge is 0.304 e. The fraction of sp³-hybridized carbons (Fsp3) is 0.545. The van der Waals surface area contributed by atoms with Gasteiger partial charge in [-0.2, -0.15) is 11.8 Å². The molecule has 1 N–H and O–H groups in total.